The highest BCUT2D eigenvalue weighted by Crippen LogP contribution is 2.44. The number of carboxylic acids is 1. The Balaban J connectivity index is 1.26. The molecule has 0 radical (unpaired) electrons. The van der Waals surface area contributed by atoms with E-state index in [1.54, 1.807) is 0 Å². The molecular weight excluding hydrogens is 644 g/mol. The van der Waals surface area contributed by atoms with Crippen LogP contribution in [-0.4, -0.2) is 104 Å². The van der Waals surface area contributed by atoms with Crippen molar-refractivity contribution < 1.29 is 53.0 Å². The van der Waals surface area contributed by atoms with E-state index in [0.717, 1.165) is 22.3 Å². The summed E-state index contributed by atoms with van der Waals surface area (Å²) in [5.41, 5.74) is 6.36. The topological polar surface area (TPSA) is 240 Å². The number of carbonyl (C=O) groups is 7. The van der Waals surface area contributed by atoms with Crippen molar-refractivity contribution in [1.29, 1.82) is 0 Å². The molecule has 6 amide bonds. The first kappa shape index (κ1) is 37.9. The molecule has 1 aliphatic rings. The number of benzene rings is 2. The van der Waals surface area contributed by atoms with Crippen molar-refractivity contribution >= 4 is 41.6 Å². The molecule has 0 aliphatic heterocycles. The van der Waals surface area contributed by atoms with E-state index in [2.05, 4.69) is 36.8 Å². The first-order valence-electron chi connectivity index (χ1n) is 15.3. The molecule has 17 heteroatoms. The number of rotatable bonds is 18. The molecule has 0 fully saturated rings. The van der Waals surface area contributed by atoms with Crippen LogP contribution >= 0.6 is 0 Å². The third kappa shape index (κ3) is 11.9. The highest BCUT2D eigenvalue weighted by atomic mass is 16.7. The maximum atomic E-state index is 12.4. The van der Waals surface area contributed by atoms with Gasteiger partial charge in [0.1, 0.15) is 37.9 Å². The lowest BCUT2D eigenvalue weighted by Crippen LogP contribution is -2.55. The summed E-state index contributed by atoms with van der Waals surface area (Å²) >= 11 is 0. The number of aliphatic carboxylic acids is 1. The van der Waals surface area contributed by atoms with Crippen molar-refractivity contribution in [2.45, 2.75) is 44.8 Å². The van der Waals surface area contributed by atoms with Crippen LogP contribution in [0.3, 0.4) is 0 Å². The van der Waals surface area contributed by atoms with Gasteiger partial charge in [0.25, 0.3) is 0 Å². The summed E-state index contributed by atoms with van der Waals surface area (Å²) in [5.74, 6) is -4.60. The zero-order valence-electron chi connectivity index (χ0n) is 27.2. The van der Waals surface area contributed by atoms with Crippen LogP contribution in [0.25, 0.3) is 11.1 Å². The highest BCUT2D eigenvalue weighted by molar-refractivity contribution is 5.94. The quantitative estimate of drug-likeness (QED) is 0.0766. The number of hydrogen-bond donors (Lipinski definition) is 7. The highest BCUT2D eigenvalue weighted by Gasteiger charge is 2.29. The van der Waals surface area contributed by atoms with Crippen LogP contribution in [0.4, 0.5) is 4.79 Å². The molecule has 17 nitrogen and oxygen atoms in total. The molecule has 7 N–H and O–H groups in total. The molecular formula is C32H40N6O11. The summed E-state index contributed by atoms with van der Waals surface area (Å²) in [6.45, 7) is 2.53. The standard InChI is InChI=1S/C32H40N6O11/c1-18(36-31(45)20(3)37-30(44)19(2)35-27(40)15-47-17-28(41)42)29(43)34-13-12-33-26(39)16-49-38-32(46)48-14-25-23-10-6-4-8-21(23)22-9-5-7-11-24(22)25/h4-11,18-20,25H,12-17H2,1-3H3,(H,33,39)(H,34,43)(H,35,40)(H,36,45)(H,37,44)(H,38,46)(H,41,42). The van der Waals surface area contributed by atoms with Crippen LogP contribution in [-0.2, 0) is 43.1 Å². The lowest BCUT2D eigenvalue weighted by molar-refractivity contribution is -0.144. The summed E-state index contributed by atoms with van der Waals surface area (Å²) in [6, 6.07) is 12.7. The van der Waals surface area contributed by atoms with Gasteiger partial charge in [-0.05, 0) is 43.0 Å². The smallest absolute Gasteiger partial charge is 0.431 e. The predicted octanol–water partition coefficient (Wildman–Crippen LogP) is -0.696. The SMILES string of the molecule is CC(NC(=O)COCC(=O)O)C(=O)NC(C)C(=O)NC(C)C(=O)NCCNC(=O)CONC(=O)OCC1c2ccccc2-c2ccccc21. The van der Waals surface area contributed by atoms with E-state index in [0.29, 0.717) is 0 Å². The Bertz CT molecular complexity index is 1490. The second-order valence-electron chi connectivity index (χ2n) is 11.0. The molecule has 0 saturated carbocycles. The Morgan fingerprint density at radius 3 is 1.80 bits per heavy atom. The third-order valence-corrected chi connectivity index (χ3v) is 7.18. The summed E-state index contributed by atoms with van der Waals surface area (Å²) < 4.78 is 9.97. The number of fused-ring (bicyclic) bond motifs is 3. The molecule has 1 aliphatic carbocycles. The van der Waals surface area contributed by atoms with Crippen molar-refractivity contribution in [1.82, 2.24) is 32.1 Å². The first-order chi connectivity index (χ1) is 23.4. The van der Waals surface area contributed by atoms with Crippen LogP contribution in [0.15, 0.2) is 48.5 Å². The molecule has 0 bridgehead atoms. The number of hydroxylamine groups is 1. The van der Waals surface area contributed by atoms with E-state index >= 15 is 0 Å². The van der Waals surface area contributed by atoms with E-state index in [1.165, 1.54) is 20.8 Å². The van der Waals surface area contributed by atoms with Gasteiger partial charge in [-0.15, -0.1) is 0 Å². The maximum absolute atomic E-state index is 12.4. The Labute approximate surface area is 281 Å². The fraction of sp³-hybridized carbons (Fsp3) is 0.406. The number of hydrogen-bond acceptors (Lipinski definition) is 10. The fourth-order valence-corrected chi connectivity index (χ4v) is 4.77. The van der Waals surface area contributed by atoms with E-state index in [1.807, 2.05) is 48.5 Å². The van der Waals surface area contributed by atoms with Gasteiger partial charge in [-0.3, -0.25) is 28.8 Å². The largest absolute Gasteiger partial charge is 0.480 e. The second-order valence-corrected chi connectivity index (χ2v) is 11.0. The number of amides is 6. The Morgan fingerprint density at radius 2 is 1.20 bits per heavy atom. The van der Waals surface area contributed by atoms with Crippen LogP contribution < -0.4 is 32.1 Å². The van der Waals surface area contributed by atoms with E-state index in [4.69, 9.17) is 14.7 Å². The Morgan fingerprint density at radius 1 is 0.673 bits per heavy atom. The van der Waals surface area contributed by atoms with Crippen LogP contribution in [0.5, 0.6) is 0 Å². The number of ether oxygens (including phenoxy) is 2. The minimum Gasteiger partial charge on any atom is -0.480 e. The molecule has 2 aromatic carbocycles. The van der Waals surface area contributed by atoms with Gasteiger partial charge in [-0.1, -0.05) is 48.5 Å². The van der Waals surface area contributed by atoms with Crippen molar-refractivity contribution in [3.05, 3.63) is 59.7 Å². The van der Waals surface area contributed by atoms with Gasteiger partial charge in [0.05, 0.1) is 0 Å². The number of carboxylic acid groups (broad SMARTS) is 1. The third-order valence-electron chi connectivity index (χ3n) is 7.18. The van der Waals surface area contributed by atoms with Gasteiger partial charge in [-0.2, -0.15) is 5.48 Å². The monoisotopic (exact) mass is 684 g/mol. The molecule has 0 saturated heterocycles. The van der Waals surface area contributed by atoms with Gasteiger partial charge >= 0.3 is 12.1 Å². The number of nitrogens with one attached hydrogen (secondary N) is 6. The first-order valence-corrected chi connectivity index (χ1v) is 15.3. The Kier molecular flexibility index (Phi) is 14.5. The molecule has 3 rings (SSSR count). The fourth-order valence-electron chi connectivity index (χ4n) is 4.77. The van der Waals surface area contributed by atoms with Crippen molar-refractivity contribution in [2.24, 2.45) is 0 Å². The van der Waals surface area contributed by atoms with Gasteiger partial charge in [0, 0.05) is 19.0 Å². The van der Waals surface area contributed by atoms with Crippen LogP contribution in [0, 0.1) is 0 Å². The average molecular weight is 685 g/mol. The van der Waals surface area contributed by atoms with Crippen LogP contribution in [0.1, 0.15) is 37.8 Å². The molecule has 0 aromatic heterocycles. The molecule has 0 spiro atoms. The van der Waals surface area contributed by atoms with Crippen LogP contribution in [0.2, 0.25) is 0 Å². The van der Waals surface area contributed by atoms with Gasteiger partial charge in [0.15, 0.2) is 6.61 Å². The van der Waals surface area contributed by atoms with E-state index in [-0.39, 0.29) is 25.6 Å². The summed E-state index contributed by atoms with van der Waals surface area (Å²) in [6.07, 6.45) is -0.854. The van der Waals surface area contributed by atoms with Gasteiger partial charge in [0.2, 0.25) is 29.5 Å². The molecule has 3 atom stereocenters. The zero-order chi connectivity index (χ0) is 35.9. The van der Waals surface area contributed by atoms with Crippen molar-refractivity contribution in [3.63, 3.8) is 0 Å². The molecule has 3 unspecified atom stereocenters. The summed E-state index contributed by atoms with van der Waals surface area (Å²) in [5, 5.41) is 20.7. The maximum Gasteiger partial charge on any atom is 0.431 e. The zero-order valence-corrected chi connectivity index (χ0v) is 27.2. The minimum atomic E-state index is -1.25. The predicted molar refractivity (Wildman–Crippen MR) is 171 cm³/mol. The molecule has 49 heavy (non-hydrogen) atoms. The second kappa shape index (κ2) is 18.7. The normalized spacial score (nSPS) is 13.4. The minimum absolute atomic E-state index is 0.0181. The summed E-state index contributed by atoms with van der Waals surface area (Å²) in [7, 11) is 0. The lowest BCUT2D eigenvalue weighted by atomic mass is 9.98. The van der Waals surface area contributed by atoms with E-state index < -0.39 is 79.5 Å². The van der Waals surface area contributed by atoms with Crippen molar-refractivity contribution in [3.8, 4) is 11.1 Å². The van der Waals surface area contributed by atoms with Crippen molar-refractivity contribution in [2.75, 3.05) is 39.5 Å². The lowest BCUT2D eigenvalue weighted by Gasteiger charge is -2.20. The summed E-state index contributed by atoms with van der Waals surface area (Å²) in [4.78, 5) is 88.4. The average Bonchev–Trinajstić information content (AvgIpc) is 3.38. The molecule has 2 aromatic rings. The van der Waals surface area contributed by atoms with Gasteiger partial charge in [-0.25, -0.2) is 9.59 Å². The molecule has 264 valence electrons. The number of carbonyl (C=O) groups excluding carboxylic acids is 6. The van der Waals surface area contributed by atoms with E-state index in [9.17, 15) is 33.6 Å². The van der Waals surface area contributed by atoms with Gasteiger partial charge < -0.3 is 41.2 Å². The Hall–Kier alpha value is -5.55. The molecule has 0 heterocycles.